The summed E-state index contributed by atoms with van der Waals surface area (Å²) >= 11 is 0. The predicted octanol–water partition coefficient (Wildman–Crippen LogP) is 2.77. The predicted molar refractivity (Wildman–Crippen MR) is 75.1 cm³/mol. The first kappa shape index (κ1) is 14.7. The SMILES string of the molecule is CCCCC(NC(C)(C)C(N)=O)c1ccccc1. The van der Waals surface area contributed by atoms with Crippen LogP contribution in [0.3, 0.4) is 0 Å². The number of amides is 1. The Hall–Kier alpha value is -1.35. The zero-order chi connectivity index (χ0) is 13.6. The van der Waals surface area contributed by atoms with Crippen molar-refractivity contribution in [1.29, 1.82) is 0 Å². The molecule has 1 unspecified atom stereocenters. The third kappa shape index (κ3) is 4.15. The van der Waals surface area contributed by atoms with Gasteiger partial charge in [0.15, 0.2) is 0 Å². The van der Waals surface area contributed by atoms with Gasteiger partial charge >= 0.3 is 0 Å². The van der Waals surface area contributed by atoms with Crippen molar-refractivity contribution in [2.24, 2.45) is 5.73 Å². The molecule has 3 nitrogen and oxygen atoms in total. The van der Waals surface area contributed by atoms with Crippen LogP contribution in [0.1, 0.15) is 51.6 Å². The summed E-state index contributed by atoms with van der Waals surface area (Å²) in [5.41, 5.74) is 5.95. The first-order valence-corrected chi connectivity index (χ1v) is 6.60. The summed E-state index contributed by atoms with van der Waals surface area (Å²) in [5.74, 6) is -0.320. The molecule has 0 saturated heterocycles. The smallest absolute Gasteiger partial charge is 0.237 e. The number of hydrogen-bond donors (Lipinski definition) is 2. The summed E-state index contributed by atoms with van der Waals surface area (Å²) in [7, 11) is 0. The zero-order valence-corrected chi connectivity index (χ0v) is 11.6. The Kier molecular flexibility index (Phi) is 5.35. The summed E-state index contributed by atoms with van der Waals surface area (Å²) in [6, 6.07) is 10.4. The second-order valence-corrected chi connectivity index (χ2v) is 5.24. The van der Waals surface area contributed by atoms with Crippen molar-refractivity contribution >= 4 is 5.91 Å². The van der Waals surface area contributed by atoms with Crippen LogP contribution in [0.25, 0.3) is 0 Å². The number of benzene rings is 1. The normalized spacial score (nSPS) is 13.3. The van der Waals surface area contributed by atoms with E-state index < -0.39 is 5.54 Å². The Balaban J connectivity index is 2.83. The lowest BCUT2D eigenvalue weighted by atomic mass is 9.96. The van der Waals surface area contributed by atoms with Crippen LogP contribution in [0, 0.1) is 0 Å². The lowest BCUT2D eigenvalue weighted by Crippen LogP contribution is -2.51. The van der Waals surface area contributed by atoms with E-state index >= 15 is 0 Å². The minimum atomic E-state index is -0.686. The fraction of sp³-hybridized carbons (Fsp3) is 0.533. The number of rotatable bonds is 7. The number of nitrogens with two attached hydrogens (primary N) is 1. The van der Waals surface area contributed by atoms with Gasteiger partial charge in [-0.15, -0.1) is 0 Å². The molecule has 0 aliphatic carbocycles. The van der Waals surface area contributed by atoms with Gasteiger partial charge in [-0.3, -0.25) is 10.1 Å². The van der Waals surface area contributed by atoms with Crippen LogP contribution in [0.2, 0.25) is 0 Å². The Bertz CT molecular complexity index is 373. The van der Waals surface area contributed by atoms with E-state index in [0.29, 0.717) is 0 Å². The van der Waals surface area contributed by atoms with Crippen LogP contribution < -0.4 is 11.1 Å². The maximum atomic E-state index is 11.4. The first-order valence-electron chi connectivity index (χ1n) is 6.60. The number of primary amides is 1. The molecule has 0 aromatic heterocycles. The van der Waals surface area contributed by atoms with E-state index in [1.807, 2.05) is 32.0 Å². The standard InChI is InChI=1S/C15H24N2O/c1-4-5-11-13(12-9-7-6-8-10-12)17-15(2,3)14(16)18/h6-10,13,17H,4-5,11H2,1-3H3,(H2,16,18). The molecule has 0 fully saturated rings. The molecule has 1 aromatic carbocycles. The molecule has 3 heteroatoms. The van der Waals surface area contributed by atoms with Gasteiger partial charge in [0.05, 0.1) is 5.54 Å². The summed E-state index contributed by atoms with van der Waals surface area (Å²) in [6.45, 7) is 5.83. The molecule has 100 valence electrons. The van der Waals surface area contributed by atoms with E-state index in [0.717, 1.165) is 19.3 Å². The Morgan fingerprint density at radius 1 is 1.33 bits per heavy atom. The van der Waals surface area contributed by atoms with E-state index in [1.165, 1.54) is 5.56 Å². The molecule has 0 saturated carbocycles. The van der Waals surface area contributed by atoms with Crippen LogP contribution in [-0.4, -0.2) is 11.4 Å². The number of carbonyl (C=O) groups excluding carboxylic acids is 1. The van der Waals surface area contributed by atoms with Crippen LogP contribution >= 0.6 is 0 Å². The van der Waals surface area contributed by atoms with Crippen LogP contribution in [0.4, 0.5) is 0 Å². The third-order valence-corrected chi connectivity index (χ3v) is 3.20. The molecule has 0 heterocycles. The number of carbonyl (C=O) groups is 1. The fourth-order valence-electron chi connectivity index (χ4n) is 1.92. The van der Waals surface area contributed by atoms with Crippen molar-refractivity contribution in [3.05, 3.63) is 35.9 Å². The summed E-state index contributed by atoms with van der Waals surface area (Å²) in [5, 5.41) is 3.37. The highest BCUT2D eigenvalue weighted by Gasteiger charge is 2.28. The molecular formula is C15H24N2O. The molecule has 1 atom stereocenters. The van der Waals surface area contributed by atoms with Crippen LogP contribution in [-0.2, 0) is 4.79 Å². The van der Waals surface area contributed by atoms with E-state index in [9.17, 15) is 4.79 Å². The third-order valence-electron chi connectivity index (χ3n) is 3.20. The van der Waals surface area contributed by atoms with Crippen LogP contribution in [0.15, 0.2) is 30.3 Å². The number of hydrogen-bond acceptors (Lipinski definition) is 2. The maximum Gasteiger partial charge on any atom is 0.237 e. The fourth-order valence-corrected chi connectivity index (χ4v) is 1.92. The average Bonchev–Trinajstić information content (AvgIpc) is 2.35. The Morgan fingerprint density at radius 3 is 2.44 bits per heavy atom. The van der Waals surface area contributed by atoms with Crippen molar-refractivity contribution in [3.63, 3.8) is 0 Å². The molecular weight excluding hydrogens is 224 g/mol. The topological polar surface area (TPSA) is 55.1 Å². The van der Waals surface area contributed by atoms with Crippen molar-refractivity contribution in [3.8, 4) is 0 Å². The minimum absolute atomic E-state index is 0.175. The zero-order valence-electron chi connectivity index (χ0n) is 11.6. The van der Waals surface area contributed by atoms with E-state index in [1.54, 1.807) is 0 Å². The van der Waals surface area contributed by atoms with Gasteiger partial charge in [-0.25, -0.2) is 0 Å². The molecule has 3 N–H and O–H groups in total. The first-order chi connectivity index (χ1) is 8.47. The van der Waals surface area contributed by atoms with Crippen molar-refractivity contribution in [2.45, 2.75) is 51.6 Å². The molecule has 1 amide bonds. The molecule has 1 rings (SSSR count). The van der Waals surface area contributed by atoms with Crippen molar-refractivity contribution in [2.75, 3.05) is 0 Å². The largest absolute Gasteiger partial charge is 0.368 e. The lowest BCUT2D eigenvalue weighted by molar-refractivity contribution is -0.123. The van der Waals surface area contributed by atoms with Gasteiger partial charge in [0.1, 0.15) is 0 Å². The Labute approximate surface area is 110 Å². The lowest BCUT2D eigenvalue weighted by Gasteiger charge is -2.29. The minimum Gasteiger partial charge on any atom is -0.368 e. The van der Waals surface area contributed by atoms with Gasteiger partial charge in [-0.1, -0.05) is 50.1 Å². The highest BCUT2D eigenvalue weighted by atomic mass is 16.1. The van der Waals surface area contributed by atoms with E-state index in [2.05, 4.69) is 24.4 Å². The molecule has 0 aliphatic heterocycles. The van der Waals surface area contributed by atoms with Gasteiger partial charge in [-0.05, 0) is 25.8 Å². The molecule has 0 spiro atoms. The van der Waals surface area contributed by atoms with Gasteiger partial charge in [0, 0.05) is 6.04 Å². The molecule has 1 aromatic rings. The number of unbranched alkanes of at least 4 members (excludes halogenated alkanes) is 1. The maximum absolute atomic E-state index is 11.4. The quantitative estimate of drug-likeness (QED) is 0.779. The van der Waals surface area contributed by atoms with E-state index in [-0.39, 0.29) is 11.9 Å². The summed E-state index contributed by atoms with van der Waals surface area (Å²) in [4.78, 5) is 11.4. The average molecular weight is 248 g/mol. The monoisotopic (exact) mass is 248 g/mol. The van der Waals surface area contributed by atoms with E-state index in [4.69, 9.17) is 5.73 Å². The second-order valence-electron chi connectivity index (χ2n) is 5.24. The highest BCUT2D eigenvalue weighted by Crippen LogP contribution is 2.22. The van der Waals surface area contributed by atoms with Gasteiger partial charge in [0.25, 0.3) is 0 Å². The summed E-state index contributed by atoms with van der Waals surface area (Å²) < 4.78 is 0. The van der Waals surface area contributed by atoms with Gasteiger partial charge in [0.2, 0.25) is 5.91 Å². The van der Waals surface area contributed by atoms with Gasteiger partial charge in [-0.2, -0.15) is 0 Å². The second kappa shape index (κ2) is 6.55. The van der Waals surface area contributed by atoms with Crippen LogP contribution in [0.5, 0.6) is 0 Å². The number of nitrogens with one attached hydrogen (secondary N) is 1. The Morgan fingerprint density at radius 2 is 1.94 bits per heavy atom. The van der Waals surface area contributed by atoms with Crippen molar-refractivity contribution in [1.82, 2.24) is 5.32 Å². The molecule has 0 aliphatic rings. The molecule has 18 heavy (non-hydrogen) atoms. The van der Waals surface area contributed by atoms with Crippen molar-refractivity contribution < 1.29 is 4.79 Å². The molecule has 0 radical (unpaired) electrons. The summed E-state index contributed by atoms with van der Waals surface area (Å²) in [6.07, 6.45) is 3.28. The molecule has 0 bridgehead atoms. The van der Waals surface area contributed by atoms with Gasteiger partial charge < -0.3 is 5.73 Å². The highest BCUT2D eigenvalue weighted by molar-refractivity contribution is 5.83.